The van der Waals surface area contributed by atoms with Crippen LogP contribution in [0, 0.1) is 5.92 Å². The number of anilines is 1. The van der Waals surface area contributed by atoms with Gasteiger partial charge in [0.15, 0.2) is 0 Å². The quantitative estimate of drug-likeness (QED) is 0.910. The highest BCUT2D eigenvalue weighted by atomic mass is 35.5. The van der Waals surface area contributed by atoms with Crippen molar-refractivity contribution < 1.29 is 4.79 Å². The molecule has 106 valence electrons. The number of nitrogens with two attached hydrogens (primary N) is 1. The number of nitrogens with one attached hydrogen (secondary N) is 1. The van der Waals surface area contributed by atoms with Gasteiger partial charge in [-0.25, -0.2) is 0 Å². The number of amides is 1. The summed E-state index contributed by atoms with van der Waals surface area (Å²) in [5.41, 5.74) is 6.57. The molecule has 0 saturated carbocycles. The molecule has 0 fully saturated rings. The van der Waals surface area contributed by atoms with Crippen molar-refractivity contribution in [1.29, 1.82) is 0 Å². The van der Waals surface area contributed by atoms with Crippen molar-refractivity contribution in [3.05, 3.63) is 29.3 Å². The Hall–Kier alpha value is -1.50. The van der Waals surface area contributed by atoms with Gasteiger partial charge in [0.05, 0.1) is 5.92 Å². The summed E-state index contributed by atoms with van der Waals surface area (Å²) in [6, 6.07) is 7.12. The molecular weight excluding hydrogens is 296 g/mol. The van der Waals surface area contributed by atoms with Crippen LogP contribution >= 0.6 is 22.9 Å². The van der Waals surface area contributed by atoms with E-state index >= 15 is 0 Å². The summed E-state index contributed by atoms with van der Waals surface area (Å²) in [4.78, 5) is 11.9. The Kier molecular flexibility index (Phi) is 4.69. The minimum Gasteiger partial charge on any atom is -0.327 e. The highest BCUT2D eigenvalue weighted by Gasteiger charge is 2.18. The molecule has 3 N–H and O–H groups in total. The topological polar surface area (TPSA) is 80.9 Å². The molecule has 1 aromatic heterocycles. The summed E-state index contributed by atoms with van der Waals surface area (Å²) in [6.07, 6.45) is 0. The number of hydrogen-bond donors (Lipinski definition) is 2. The first-order valence-electron chi connectivity index (χ1n) is 6.13. The standard InChI is InChI=1S/C13H15ClN4OS/c1-7(8(2)15)11(19)16-13-18-17-12(20-13)9-4-3-5-10(14)6-9/h3-8H,15H2,1-2H3,(H,16,18,19). The Balaban J connectivity index is 2.12. The highest BCUT2D eigenvalue weighted by molar-refractivity contribution is 7.18. The van der Waals surface area contributed by atoms with Gasteiger partial charge in [-0.15, -0.1) is 10.2 Å². The Bertz CT molecular complexity index is 614. The molecule has 1 amide bonds. The van der Waals surface area contributed by atoms with Gasteiger partial charge in [-0.1, -0.05) is 42.0 Å². The van der Waals surface area contributed by atoms with E-state index in [9.17, 15) is 4.79 Å². The van der Waals surface area contributed by atoms with E-state index in [1.54, 1.807) is 26.0 Å². The number of carbonyl (C=O) groups is 1. The molecule has 20 heavy (non-hydrogen) atoms. The minimum absolute atomic E-state index is 0.159. The number of halogens is 1. The molecule has 0 aliphatic heterocycles. The predicted octanol–water partition coefficient (Wildman–Crippen LogP) is 2.78. The summed E-state index contributed by atoms with van der Waals surface area (Å²) in [7, 11) is 0. The Morgan fingerprint density at radius 3 is 2.80 bits per heavy atom. The summed E-state index contributed by atoms with van der Waals surface area (Å²) < 4.78 is 0. The van der Waals surface area contributed by atoms with Gasteiger partial charge in [0.25, 0.3) is 0 Å². The lowest BCUT2D eigenvalue weighted by molar-refractivity contribution is -0.119. The summed E-state index contributed by atoms with van der Waals surface area (Å²) in [5.74, 6) is -0.442. The number of hydrogen-bond acceptors (Lipinski definition) is 5. The molecule has 5 nitrogen and oxygen atoms in total. The van der Waals surface area contributed by atoms with E-state index in [1.165, 1.54) is 11.3 Å². The number of benzene rings is 1. The van der Waals surface area contributed by atoms with Crippen LogP contribution in [0.1, 0.15) is 13.8 Å². The molecule has 0 aliphatic carbocycles. The second-order valence-corrected chi connectivity index (χ2v) is 5.97. The Labute approximate surface area is 126 Å². The van der Waals surface area contributed by atoms with E-state index in [-0.39, 0.29) is 17.9 Å². The van der Waals surface area contributed by atoms with E-state index in [1.807, 2.05) is 12.1 Å². The summed E-state index contributed by atoms with van der Waals surface area (Å²) in [6.45, 7) is 3.57. The van der Waals surface area contributed by atoms with E-state index in [2.05, 4.69) is 15.5 Å². The van der Waals surface area contributed by atoms with Crippen LogP contribution in [0.25, 0.3) is 10.6 Å². The van der Waals surface area contributed by atoms with Gasteiger partial charge < -0.3 is 11.1 Å². The van der Waals surface area contributed by atoms with Gasteiger partial charge in [-0.2, -0.15) is 0 Å². The number of aromatic nitrogens is 2. The van der Waals surface area contributed by atoms with E-state index in [0.29, 0.717) is 15.2 Å². The molecule has 0 saturated heterocycles. The third kappa shape index (κ3) is 3.53. The van der Waals surface area contributed by atoms with Crippen molar-refractivity contribution >= 4 is 34.0 Å². The first kappa shape index (κ1) is 14.9. The van der Waals surface area contributed by atoms with Crippen LogP contribution in [0.4, 0.5) is 5.13 Å². The Morgan fingerprint density at radius 1 is 1.40 bits per heavy atom. The van der Waals surface area contributed by atoms with Gasteiger partial charge in [0.1, 0.15) is 5.01 Å². The molecular formula is C13H15ClN4OS. The van der Waals surface area contributed by atoms with Crippen LogP contribution in [-0.2, 0) is 4.79 Å². The predicted molar refractivity (Wildman–Crippen MR) is 81.8 cm³/mol. The zero-order valence-electron chi connectivity index (χ0n) is 11.1. The van der Waals surface area contributed by atoms with Gasteiger partial charge in [-0.05, 0) is 19.1 Å². The lowest BCUT2D eigenvalue weighted by Crippen LogP contribution is -2.34. The van der Waals surface area contributed by atoms with Crippen LogP contribution < -0.4 is 11.1 Å². The van der Waals surface area contributed by atoms with Gasteiger partial charge in [0.2, 0.25) is 11.0 Å². The fourth-order valence-corrected chi connectivity index (χ4v) is 2.40. The molecule has 0 spiro atoms. The van der Waals surface area contributed by atoms with Crippen molar-refractivity contribution in [2.75, 3.05) is 5.32 Å². The minimum atomic E-state index is -0.284. The summed E-state index contributed by atoms with van der Waals surface area (Å²) >= 11 is 7.23. The maximum Gasteiger partial charge on any atom is 0.230 e. The van der Waals surface area contributed by atoms with Gasteiger partial charge >= 0.3 is 0 Å². The molecule has 0 aliphatic rings. The molecule has 0 radical (unpaired) electrons. The highest BCUT2D eigenvalue weighted by Crippen LogP contribution is 2.28. The molecule has 2 atom stereocenters. The van der Waals surface area contributed by atoms with Gasteiger partial charge in [-0.3, -0.25) is 4.79 Å². The van der Waals surface area contributed by atoms with E-state index in [4.69, 9.17) is 17.3 Å². The zero-order chi connectivity index (χ0) is 14.7. The summed E-state index contributed by atoms with van der Waals surface area (Å²) in [5, 5.41) is 12.5. The average molecular weight is 311 g/mol. The smallest absolute Gasteiger partial charge is 0.230 e. The Morgan fingerprint density at radius 2 is 2.15 bits per heavy atom. The third-order valence-corrected chi connectivity index (χ3v) is 4.05. The van der Waals surface area contributed by atoms with Crippen molar-refractivity contribution in [1.82, 2.24) is 10.2 Å². The molecule has 1 aromatic carbocycles. The average Bonchev–Trinajstić information content (AvgIpc) is 2.86. The molecule has 2 rings (SSSR count). The van der Waals surface area contributed by atoms with E-state index in [0.717, 1.165) is 5.56 Å². The molecule has 0 bridgehead atoms. The lowest BCUT2D eigenvalue weighted by Gasteiger charge is -2.13. The lowest BCUT2D eigenvalue weighted by atomic mass is 10.0. The van der Waals surface area contributed by atoms with Crippen LogP contribution in [0.5, 0.6) is 0 Å². The first-order valence-corrected chi connectivity index (χ1v) is 7.32. The monoisotopic (exact) mass is 310 g/mol. The molecule has 2 aromatic rings. The van der Waals surface area contributed by atoms with Crippen molar-refractivity contribution in [3.63, 3.8) is 0 Å². The second kappa shape index (κ2) is 6.30. The van der Waals surface area contributed by atoms with Crippen LogP contribution in [-0.4, -0.2) is 22.1 Å². The van der Waals surface area contributed by atoms with Crippen LogP contribution in [0.15, 0.2) is 24.3 Å². The fraction of sp³-hybridized carbons (Fsp3) is 0.308. The number of rotatable bonds is 4. The molecule has 1 heterocycles. The fourth-order valence-electron chi connectivity index (χ4n) is 1.47. The third-order valence-electron chi connectivity index (χ3n) is 2.93. The van der Waals surface area contributed by atoms with Crippen molar-refractivity contribution in [3.8, 4) is 10.6 Å². The van der Waals surface area contributed by atoms with Crippen molar-refractivity contribution in [2.45, 2.75) is 19.9 Å². The maximum absolute atomic E-state index is 11.9. The van der Waals surface area contributed by atoms with Crippen LogP contribution in [0.2, 0.25) is 5.02 Å². The van der Waals surface area contributed by atoms with Gasteiger partial charge in [0, 0.05) is 16.6 Å². The van der Waals surface area contributed by atoms with E-state index < -0.39 is 0 Å². The zero-order valence-corrected chi connectivity index (χ0v) is 12.7. The first-order chi connectivity index (χ1) is 9.47. The van der Waals surface area contributed by atoms with Crippen LogP contribution in [0.3, 0.4) is 0 Å². The number of nitrogens with zero attached hydrogens (tertiary/aromatic N) is 2. The normalized spacial score (nSPS) is 13.8. The second-order valence-electron chi connectivity index (χ2n) is 4.56. The number of carbonyl (C=O) groups excluding carboxylic acids is 1. The van der Waals surface area contributed by atoms with Crippen molar-refractivity contribution in [2.24, 2.45) is 11.7 Å². The molecule has 2 unspecified atom stereocenters. The maximum atomic E-state index is 11.9. The largest absolute Gasteiger partial charge is 0.327 e. The SMILES string of the molecule is CC(N)C(C)C(=O)Nc1nnc(-c2cccc(Cl)c2)s1. The molecule has 7 heteroatoms.